The van der Waals surface area contributed by atoms with E-state index in [4.69, 9.17) is 4.74 Å². The summed E-state index contributed by atoms with van der Waals surface area (Å²) in [7, 11) is 0. The minimum Gasteiger partial charge on any atom is -0.457 e. The molecule has 119 heavy (non-hydrogen) atoms. The number of halogens is 3. The Morgan fingerprint density at radius 1 is 0.218 bits per heavy atom. The van der Waals surface area contributed by atoms with Gasteiger partial charge in [-0.15, -0.1) is 0 Å². The molecule has 0 unspecified atom stereocenters. The van der Waals surface area contributed by atoms with E-state index in [1.807, 2.05) is 137 Å². The summed E-state index contributed by atoms with van der Waals surface area (Å²) in [4.78, 5) is 12.1. The molecule has 0 atom stereocenters. The first kappa shape index (κ1) is 92.1. The number of hydrogen-bond donors (Lipinski definition) is 0. The molecular formula is C114H119F3O2. The average Bonchev–Trinajstić information content (AvgIpc) is 0.835. The van der Waals surface area contributed by atoms with Crippen LogP contribution in [0, 0.1) is 145 Å². The monoisotopic (exact) mass is 1580 g/mol. The molecule has 0 bridgehead atoms. The molecule has 15 aromatic carbocycles. The highest BCUT2D eigenvalue weighted by atomic mass is 19.4. The van der Waals surface area contributed by atoms with Crippen molar-refractivity contribution in [2.24, 2.45) is 0 Å². The Balaban J connectivity index is 0.000000170. The predicted molar refractivity (Wildman–Crippen MR) is 503 cm³/mol. The molecule has 608 valence electrons. The van der Waals surface area contributed by atoms with Crippen LogP contribution in [-0.4, -0.2) is 5.78 Å². The highest BCUT2D eigenvalue weighted by Crippen LogP contribution is 2.39. The molecule has 2 nitrogen and oxygen atoms in total. The van der Waals surface area contributed by atoms with Gasteiger partial charge in [-0.25, -0.2) is 0 Å². The van der Waals surface area contributed by atoms with Gasteiger partial charge in [0.1, 0.15) is 11.5 Å². The topological polar surface area (TPSA) is 26.3 Å². The number of aryl methyl sites for hydroxylation is 21. The second-order valence-corrected chi connectivity index (χ2v) is 31.9. The number of carbonyl (C=O) groups excluding carboxylic acids is 1. The first-order valence-corrected chi connectivity index (χ1v) is 41.0. The van der Waals surface area contributed by atoms with Crippen molar-refractivity contribution in [2.75, 3.05) is 0 Å². The number of ether oxygens (including phenoxy) is 1. The van der Waals surface area contributed by atoms with Crippen LogP contribution in [0.3, 0.4) is 0 Å². The van der Waals surface area contributed by atoms with Crippen LogP contribution in [0.2, 0.25) is 0 Å². The lowest BCUT2D eigenvalue weighted by Gasteiger charge is -2.16. The average molecular weight is 1580 g/mol. The van der Waals surface area contributed by atoms with Crippen molar-refractivity contribution in [1.82, 2.24) is 0 Å². The third-order valence-corrected chi connectivity index (χ3v) is 20.8. The number of alkyl halides is 3. The van der Waals surface area contributed by atoms with Crippen molar-refractivity contribution in [3.05, 3.63) is 472 Å². The predicted octanol–water partition coefficient (Wildman–Crippen LogP) is 32.3. The summed E-state index contributed by atoms with van der Waals surface area (Å²) in [5.74, 6) is 1.84. The van der Waals surface area contributed by atoms with Crippen molar-refractivity contribution in [3.63, 3.8) is 0 Å². The van der Waals surface area contributed by atoms with Crippen LogP contribution < -0.4 is 4.74 Å². The lowest BCUT2D eigenvalue weighted by Crippen LogP contribution is -2.08. The highest BCUT2D eigenvalue weighted by molar-refractivity contribution is 6.09. The van der Waals surface area contributed by atoms with Crippen LogP contribution in [0.4, 0.5) is 13.2 Å². The summed E-state index contributed by atoms with van der Waals surface area (Å²) in [6.07, 6.45) is -3.31. The van der Waals surface area contributed by atoms with Gasteiger partial charge in [0, 0.05) is 11.1 Å². The number of hydrogen-bond acceptors (Lipinski definition) is 2. The zero-order valence-electron chi connectivity index (χ0n) is 73.8. The Hall–Kier alpha value is -12.4. The van der Waals surface area contributed by atoms with Crippen LogP contribution in [0.25, 0.3) is 44.5 Å². The fourth-order valence-electron chi connectivity index (χ4n) is 13.0. The molecule has 0 N–H and O–H groups in total. The number of rotatable bonds is 10. The van der Waals surface area contributed by atoms with Gasteiger partial charge in [-0.2, -0.15) is 13.2 Å². The zero-order chi connectivity index (χ0) is 86.5. The number of benzene rings is 15. The second-order valence-electron chi connectivity index (χ2n) is 31.9. The largest absolute Gasteiger partial charge is 0.457 e. The lowest BCUT2D eigenvalue weighted by atomic mass is 9.93. The fourth-order valence-corrected chi connectivity index (χ4v) is 13.0. The summed E-state index contributed by atoms with van der Waals surface area (Å²) in [6.45, 7) is 43.5. The second kappa shape index (κ2) is 44.8. The number of ketones is 1. The van der Waals surface area contributed by atoms with Gasteiger partial charge in [-0.3, -0.25) is 4.79 Å². The highest BCUT2D eigenvalue weighted by Gasteiger charge is 2.34. The van der Waals surface area contributed by atoms with E-state index in [1.165, 1.54) is 151 Å². The third-order valence-electron chi connectivity index (χ3n) is 20.8. The van der Waals surface area contributed by atoms with Crippen LogP contribution in [-0.2, 0) is 12.6 Å². The summed E-state index contributed by atoms with van der Waals surface area (Å²) < 4.78 is 45.1. The molecule has 5 heteroatoms. The van der Waals surface area contributed by atoms with E-state index < -0.39 is 11.7 Å². The summed E-state index contributed by atoms with van der Waals surface area (Å²) in [5, 5.41) is 0. The first-order chi connectivity index (χ1) is 56.6. The normalized spacial score (nSPS) is 10.4. The van der Waals surface area contributed by atoms with Gasteiger partial charge in [0.15, 0.2) is 5.78 Å². The Labute approximate surface area is 710 Å². The van der Waals surface area contributed by atoms with Crippen LogP contribution >= 0.6 is 0 Å². The smallest absolute Gasteiger partial charge is 0.417 e. The van der Waals surface area contributed by atoms with Crippen molar-refractivity contribution < 1.29 is 22.7 Å². The summed E-state index contributed by atoms with van der Waals surface area (Å²) in [6, 6.07) is 111. The molecule has 0 aliphatic carbocycles. The van der Waals surface area contributed by atoms with Crippen molar-refractivity contribution in [2.45, 2.75) is 158 Å². The van der Waals surface area contributed by atoms with Gasteiger partial charge >= 0.3 is 6.18 Å². The minimum atomic E-state index is -4.33. The zero-order valence-corrected chi connectivity index (χ0v) is 73.8. The molecule has 0 amide bonds. The molecule has 0 aliphatic rings. The number of carbonyl (C=O) groups is 1. The minimum absolute atomic E-state index is 0.0833. The fraction of sp³-hybridized carbons (Fsp3) is 0.202. The molecule has 0 radical (unpaired) electrons. The Morgan fingerprint density at radius 2 is 0.445 bits per heavy atom. The van der Waals surface area contributed by atoms with E-state index in [0.717, 1.165) is 40.2 Å². The maximum absolute atomic E-state index is 13.1. The molecule has 0 heterocycles. The Bertz CT molecular complexity index is 5310. The van der Waals surface area contributed by atoms with Gasteiger partial charge < -0.3 is 4.74 Å². The van der Waals surface area contributed by atoms with E-state index in [0.29, 0.717) is 11.1 Å². The van der Waals surface area contributed by atoms with E-state index in [1.54, 1.807) is 25.1 Å². The van der Waals surface area contributed by atoms with Gasteiger partial charge in [0.05, 0.1) is 5.56 Å². The lowest BCUT2D eigenvalue weighted by molar-refractivity contribution is -0.137. The van der Waals surface area contributed by atoms with Crippen molar-refractivity contribution >= 4 is 5.78 Å². The molecule has 0 fully saturated rings. The van der Waals surface area contributed by atoms with E-state index >= 15 is 0 Å². The van der Waals surface area contributed by atoms with E-state index in [2.05, 4.69) is 305 Å². The first-order valence-electron chi connectivity index (χ1n) is 41.0. The molecular weight excluding hydrogens is 1460 g/mol. The van der Waals surface area contributed by atoms with Gasteiger partial charge in [0.2, 0.25) is 0 Å². The Morgan fingerprint density at radius 3 is 0.723 bits per heavy atom. The molecule has 0 spiro atoms. The van der Waals surface area contributed by atoms with Gasteiger partial charge in [0.25, 0.3) is 0 Å². The van der Waals surface area contributed by atoms with E-state index in [9.17, 15) is 18.0 Å². The third kappa shape index (κ3) is 30.2. The SMILES string of the molecule is Cc1ccc(-c2ccc(C)c(C)c2)cc1C.Cc1ccc(-c2ccc(C)cc2)cc1.Cc1ccc(-c2ccc(C)cc2C(F)(F)F)c(C)c1.Cc1ccc(-c2ccc(C)cc2C)c(C)c1.Cc1ccc(C(=O)c2ccc(C)cc2)cc1.Cc1ccc(C)cc1.Cc1ccc(Cc2ccc(C)cc2)cc1.Cc1ccc(Oc2ccc(C)cc2)cc1. The molecule has 15 aromatic rings. The van der Waals surface area contributed by atoms with E-state index in [-0.39, 0.29) is 11.3 Å². The van der Waals surface area contributed by atoms with Gasteiger partial charge in [-0.1, -0.05) is 375 Å². The van der Waals surface area contributed by atoms with Gasteiger partial charge in [-0.05, 0) is 277 Å². The summed E-state index contributed by atoms with van der Waals surface area (Å²) in [5.41, 5.74) is 38.5. The Kier molecular flexibility index (Phi) is 34.6. The van der Waals surface area contributed by atoms with Crippen LogP contribution in [0.15, 0.2) is 328 Å². The molecule has 15 rings (SSSR count). The van der Waals surface area contributed by atoms with Crippen molar-refractivity contribution in [1.29, 1.82) is 0 Å². The summed E-state index contributed by atoms with van der Waals surface area (Å²) >= 11 is 0. The molecule has 0 saturated heterocycles. The maximum atomic E-state index is 13.1. The molecule has 0 saturated carbocycles. The van der Waals surface area contributed by atoms with Crippen LogP contribution in [0.1, 0.15) is 149 Å². The van der Waals surface area contributed by atoms with Crippen molar-refractivity contribution in [3.8, 4) is 56.0 Å². The maximum Gasteiger partial charge on any atom is 0.417 e. The molecule has 0 aliphatic heterocycles. The quantitative estimate of drug-likeness (QED) is 0.128. The molecule has 0 aromatic heterocycles. The van der Waals surface area contributed by atoms with Crippen LogP contribution in [0.5, 0.6) is 11.5 Å². The standard InChI is InChI=1S/C16H15F3.2C16H18.C15H14O.C15H16.C14H14O.C14H14.C8H10/c1-10-4-6-13(12(3)8-10)14-7-5-11(2)9-15(14)16(17,18)19;1-11-5-7-15(9-13(11)3)16-8-6-12(2)14(4)10-16;1-11-5-7-15(13(3)9-11)16-8-6-12(2)10-14(16)4;1-11-3-7-13(8-4-11)15(16)14-9-5-12(2)6-10-14;1-12-3-7-14(8-4-12)11-15-9-5-13(2)6-10-15;1-11-3-7-13(8-4-11)15-14-9-5-12(2)6-10-14;1-11-3-7-13(8-4-11)14-9-5-12(2)6-10-14;1-7-3-5-8(2)6-4-7/h4-9H,1-3H3;2*5-10H,1-4H3;3-10H,1-2H3;3-10H,11H2,1-2H3;3-10H,1-2H3;3-10H,1-2H3;3-6H,1-2H3.